The predicted molar refractivity (Wildman–Crippen MR) is 104 cm³/mol. The van der Waals surface area contributed by atoms with Crippen LogP contribution in [0.2, 0.25) is 0 Å². The molecule has 1 aliphatic rings. The molecule has 1 fully saturated rings. The van der Waals surface area contributed by atoms with Crippen molar-refractivity contribution in [3.05, 3.63) is 39.9 Å². The van der Waals surface area contributed by atoms with Crippen LogP contribution in [0, 0.1) is 0 Å². The van der Waals surface area contributed by atoms with Crippen molar-refractivity contribution in [1.82, 2.24) is 19.1 Å². The quantitative estimate of drug-likeness (QED) is 0.513. The van der Waals surface area contributed by atoms with Gasteiger partial charge in [0.1, 0.15) is 16.9 Å². The molecule has 0 saturated heterocycles. The highest BCUT2D eigenvalue weighted by Gasteiger charge is 2.41. The maximum atomic E-state index is 13.6. The number of fused-ring (bicyclic) bond motifs is 1. The topological polar surface area (TPSA) is 86.8 Å². The average Bonchev–Trinajstić information content (AvgIpc) is 3.49. The first-order chi connectivity index (χ1) is 15.2. The predicted octanol–water partition coefficient (Wildman–Crippen LogP) is 3.96. The fourth-order valence-corrected chi connectivity index (χ4v) is 4.64. The van der Waals surface area contributed by atoms with E-state index < -0.39 is 61.4 Å². The van der Waals surface area contributed by atoms with Crippen molar-refractivity contribution in [3.63, 3.8) is 0 Å². The van der Waals surface area contributed by atoms with Gasteiger partial charge in [0.2, 0.25) is 0 Å². The fourth-order valence-electron chi connectivity index (χ4n) is 3.58. The maximum absolute atomic E-state index is 13.6. The van der Waals surface area contributed by atoms with Crippen molar-refractivity contribution in [2.24, 2.45) is 7.05 Å². The number of rotatable bonds is 4. The summed E-state index contributed by atoms with van der Waals surface area (Å²) < 4.78 is 107. The molecule has 0 spiro atoms. The van der Waals surface area contributed by atoms with Crippen LogP contribution >= 0.6 is 0 Å². The van der Waals surface area contributed by atoms with Gasteiger partial charge in [-0.15, -0.1) is 0 Å². The summed E-state index contributed by atoms with van der Waals surface area (Å²) in [6.07, 6.45) is -8.55. The Morgan fingerprint density at radius 3 is 2.24 bits per heavy atom. The lowest BCUT2D eigenvalue weighted by atomic mass is 10.2. The molecule has 0 aliphatic heterocycles. The van der Waals surface area contributed by atoms with Crippen molar-refractivity contribution in [1.29, 1.82) is 0 Å². The molecular formula is C19H16F6N4O3S. The first kappa shape index (κ1) is 23.3. The number of hydrogen-bond acceptors (Lipinski definition) is 5. The van der Waals surface area contributed by atoms with E-state index in [1.807, 2.05) is 0 Å². The van der Waals surface area contributed by atoms with Crippen LogP contribution < -0.4 is 5.56 Å². The number of alkyl halides is 6. The van der Waals surface area contributed by atoms with Gasteiger partial charge < -0.3 is 4.57 Å². The van der Waals surface area contributed by atoms with Gasteiger partial charge in [0.05, 0.1) is 21.7 Å². The minimum absolute atomic E-state index is 0.244. The second-order valence-electron chi connectivity index (χ2n) is 7.63. The van der Waals surface area contributed by atoms with E-state index in [4.69, 9.17) is 0 Å². The van der Waals surface area contributed by atoms with Crippen molar-refractivity contribution in [3.8, 4) is 11.5 Å². The zero-order chi connectivity index (χ0) is 24.5. The number of nitrogens with zero attached hydrogens (tertiary/aromatic N) is 4. The molecule has 1 saturated carbocycles. The molecular weight excluding hydrogens is 478 g/mol. The zero-order valence-corrected chi connectivity index (χ0v) is 17.9. The van der Waals surface area contributed by atoms with E-state index in [1.54, 1.807) is 0 Å². The number of aryl methyl sites for hydroxylation is 1. The van der Waals surface area contributed by atoms with E-state index in [1.165, 1.54) is 14.0 Å². The number of pyridine rings is 2. The molecule has 0 N–H and O–H groups in total. The lowest BCUT2D eigenvalue weighted by Gasteiger charge is -2.15. The van der Waals surface area contributed by atoms with Gasteiger partial charge in [-0.05, 0) is 25.0 Å². The van der Waals surface area contributed by atoms with Crippen LogP contribution in [0.4, 0.5) is 26.3 Å². The van der Waals surface area contributed by atoms with Gasteiger partial charge in [-0.25, -0.2) is 13.4 Å². The smallest absolute Gasteiger partial charge is 0.321 e. The average molecular weight is 494 g/mol. The molecule has 0 atom stereocenters. The highest BCUT2D eigenvalue weighted by Crippen LogP contribution is 2.40. The van der Waals surface area contributed by atoms with E-state index in [0.29, 0.717) is 35.7 Å². The Hall–Kier alpha value is -2.90. The number of imidazole rings is 1. The number of halogens is 6. The summed E-state index contributed by atoms with van der Waals surface area (Å²) in [7, 11) is -2.98. The van der Waals surface area contributed by atoms with Crippen molar-refractivity contribution < 1.29 is 34.8 Å². The second-order valence-corrected chi connectivity index (χ2v) is 9.88. The molecule has 0 radical (unpaired) electrons. The van der Waals surface area contributed by atoms with E-state index in [9.17, 15) is 39.6 Å². The Balaban J connectivity index is 2.05. The van der Waals surface area contributed by atoms with Crippen LogP contribution in [0.25, 0.3) is 22.6 Å². The van der Waals surface area contributed by atoms with Gasteiger partial charge in [0.15, 0.2) is 15.7 Å². The Morgan fingerprint density at radius 1 is 1.09 bits per heavy atom. The normalized spacial score (nSPS) is 15.4. The Morgan fingerprint density at radius 2 is 1.73 bits per heavy atom. The summed E-state index contributed by atoms with van der Waals surface area (Å²) in [5.41, 5.74) is -4.60. The summed E-state index contributed by atoms with van der Waals surface area (Å²) in [6.45, 7) is 1.22. The van der Waals surface area contributed by atoms with Gasteiger partial charge in [-0.1, -0.05) is 6.92 Å². The fraction of sp³-hybridized carbons (Fsp3) is 0.421. The standard InChI is InChI=1S/C19H16F6N4O3S/c1-3-33(31,32)12-6-9(18(20,21)22)8-26-14(12)16-27-11-7-13(19(23,24)25)29(10-4-5-10)17(30)15(11)28(16)2/h6-8,10H,3-5H2,1-2H3. The van der Waals surface area contributed by atoms with E-state index in [2.05, 4.69) is 9.97 Å². The number of sulfone groups is 1. The lowest BCUT2D eigenvalue weighted by molar-refractivity contribution is -0.144. The summed E-state index contributed by atoms with van der Waals surface area (Å²) in [5.74, 6) is -0.899. The van der Waals surface area contributed by atoms with Crippen LogP contribution in [0.3, 0.4) is 0 Å². The highest BCUT2D eigenvalue weighted by molar-refractivity contribution is 7.91. The molecule has 33 heavy (non-hydrogen) atoms. The first-order valence-corrected chi connectivity index (χ1v) is 11.3. The van der Waals surface area contributed by atoms with Gasteiger partial charge in [0, 0.05) is 19.3 Å². The van der Waals surface area contributed by atoms with E-state index in [-0.39, 0.29) is 16.9 Å². The van der Waals surface area contributed by atoms with Gasteiger partial charge in [-0.2, -0.15) is 26.3 Å². The van der Waals surface area contributed by atoms with Crippen LogP contribution in [-0.4, -0.2) is 33.3 Å². The molecule has 178 valence electrons. The zero-order valence-electron chi connectivity index (χ0n) is 17.1. The lowest BCUT2D eigenvalue weighted by Crippen LogP contribution is -2.28. The summed E-state index contributed by atoms with van der Waals surface area (Å²) in [6, 6.07) is 0.456. The third-order valence-corrected chi connectivity index (χ3v) is 7.13. The van der Waals surface area contributed by atoms with Crippen LogP contribution in [0.5, 0.6) is 0 Å². The van der Waals surface area contributed by atoms with Gasteiger partial charge in [-0.3, -0.25) is 14.3 Å². The largest absolute Gasteiger partial charge is 0.431 e. The van der Waals surface area contributed by atoms with Crippen molar-refractivity contribution in [2.45, 2.75) is 43.1 Å². The molecule has 1 aliphatic carbocycles. The van der Waals surface area contributed by atoms with Crippen molar-refractivity contribution >= 4 is 20.9 Å². The van der Waals surface area contributed by atoms with E-state index >= 15 is 0 Å². The molecule has 0 aromatic carbocycles. The number of hydrogen-bond donors (Lipinski definition) is 0. The molecule has 3 heterocycles. The summed E-state index contributed by atoms with van der Waals surface area (Å²) in [5, 5.41) is 0. The van der Waals surface area contributed by atoms with Crippen LogP contribution in [0.1, 0.15) is 37.1 Å². The molecule has 4 rings (SSSR count). The monoisotopic (exact) mass is 494 g/mol. The van der Waals surface area contributed by atoms with Crippen LogP contribution in [-0.2, 0) is 29.2 Å². The Labute approximate surface area is 182 Å². The Bertz CT molecular complexity index is 1430. The van der Waals surface area contributed by atoms with Crippen LogP contribution in [0.15, 0.2) is 28.0 Å². The number of aromatic nitrogens is 4. The Kier molecular flexibility index (Phi) is 5.15. The molecule has 0 bridgehead atoms. The maximum Gasteiger partial charge on any atom is 0.431 e. The summed E-state index contributed by atoms with van der Waals surface area (Å²) in [4.78, 5) is 19.8. The molecule has 0 amide bonds. The molecule has 3 aromatic rings. The van der Waals surface area contributed by atoms with Crippen molar-refractivity contribution in [2.75, 3.05) is 5.75 Å². The minimum Gasteiger partial charge on any atom is -0.321 e. The highest BCUT2D eigenvalue weighted by atomic mass is 32.2. The third kappa shape index (κ3) is 3.89. The van der Waals surface area contributed by atoms with Gasteiger partial charge >= 0.3 is 12.4 Å². The molecule has 7 nitrogen and oxygen atoms in total. The summed E-state index contributed by atoms with van der Waals surface area (Å²) >= 11 is 0. The third-order valence-electron chi connectivity index (χ3n) is 5.39. The molecule has 3 aromatic heterocycles. The first-order valence-electron chi connectivity index (χ1n) is 9.66. The minimum atomic E-state index is -4.88. The molecule has 0 unspecified atom stereocenters. The second kappa shape index (κ2) is 7.30. The van der Waals surface area contributed by atoms with Gasteiger partial charge in [0.25, 0.3) is 5.56 Å². The van der Waals surface area contributed by atoms with E-state index in [0.717, 1.165) is 4.57 Å². The molecule has 14 heteroatoms. The SMILES string of the molecule is CCS(=O)(=O)c1cc(C(F)(F)F)cnc1-c1nc2cc(C(F)(F)F)n(C3CC3)c(=O)c2n1C.